The number of carbonyl (C=O) groups excluding carboxylic acids is 1. The normalized spacial score (nSPS) is 27.5. The lowest BCUT2D eigenvalue weighted by Gasteiger charge is -2.60. The van der Waals surface area contributed by atoms with Crippen LogP contribution in [0.25, 0.3) is 0 Å². The zero-order valence-corrected chi connectivity index (χ0v) is 35.8. The number of benzene rings is 2. The van der Waals surface area contributed by atoms with E-state index in [0.29, 0.717) is 33.5 Å². The van der Waals surface area contributed by atoms with E-state index in [1.165, 1.54) is 12.8 Å². The topological polar surface area (TPSA) is 71.5 Å². The van der Waals surface area contributed by atoms with Crippen LogP contribution in [0, 0.1) is 11.8 Å². The summed E-state index contributed by atoms with van der Waals surface area (Å²) < 4.78 is 21.5. The van der Waals surface area contributed by atoms with Crippen LogP contribution in [0.3, 0.4) is 0 Å². The number of hydrogen-bond donors (Lipinski definition) is 1. The molecular formula is C40H58Cl2N2O5Si2. The Balaban J connectivity index is 1.34. The van der Waals surface area contributed by atoms with Crippen LogP contribution in [0.4, 0.5) is 0 Å². The predicted molar refractivity (Wildman–Crippen MR) is 210 cm³/mol. The monoisotopic (exact) mass is 772 g/mol. The fraction of sp³-hybridized carbons (Fsp3) is 0.675. The molecule has 2 saturated carbocycles. The quantitative estimate of drug-likeness (QED) is 0.202. The molecule has 3 aliphatic carbocycles. The Morgan fingerprint density at radius 2 is 1.69 bits per heavy atom. The van der Waals surface area contributed by atoms with Crippen molar-refractivity contribution in [2.75, 3.05) is 13.1 Å². The molecule has 2 heterocycles. The van der Waals surface area contributed by atoms with Crippen LogP contribution in [0.2, 0.25) is 46.3 Å². The van der Waals surface area contributed by atoms with Crippen molar-refractivity contribution < 1.29 is 23.6 Å². The first-order valence-electron chi connectivity index (χ1n) is 19.1. The number of ether oxygens (including phenoxy) is 1. The van der Waals surface area contributed by atoms with Gasteiger partial charge in [0.05, 0.1) is 22.5 Å². The van der Waals surface area contributed by atoms with Crippen molar-refractivity contribution in [3.63, 3.8) is 0 Å². The summed E-state index contributed by atoms with van der Waals surface area (Å²) in [5.74, 6) is 2.78. The number of halogens is 2. The number of rotatable bonds is 9. The third-order valence-electron chi connectivity index (χ3n) is 13.9. The number of hydrogen-bond acceptors (Lipinski definition) is 6. The van der Waals surface area contributed by atoms with Crippen LogP contribution >= 0.6 is 23.2 Å². The lowest BCUT2D eigenvalue weighted by molar-refractivity contribution is -0.191. The molecule has 0 unspecified atom stereocenters. The van der Waals surface area contributed by atoms with Crippen LogP contribution in [-0.2, 0) is 27.6 Å². The largest absolute Gasteiger partial charge is 0.541 e. The highest BCUT2D eigenvalue weighted by molar-refractivity contribution is 6.75. The van der Waals surface area contributed by atoms with E-state index in [2.05, 4.69) is 72.6 Å². The number of phenols is 1. The van der Waals surface area contributed by atoms with Gasteiger partial charge in [0.2, 0.25) is 14.2 Å². The van der Waals surface area contributed by atoms with Crippen molar-refractivity contribution in [3.05, 3.63) is 51.0 Å². The predicted octanol–water partition coefficient (Wildman–Crippen LogP) is 9.91. The molecular weight excluding hydrogens is 716 g/mol. The van der Waals surface area contributed by atoms with E-state index in [0.717, 1.165) is 67.1 Å². The minimum atomic E-state index is -2.48. The number of amides is 1. The summed E-state index contributed by atoms with van der Waals surface area (Å²) in [6, 6.07) is 7.24. The molecule has 1 amide bonds. The average Bonchev–Trinajstić information content (AvgIpc) is 3.77. The maximum absolute atomic E-state index is 14.7. The minimum Gasteiger partial charge on any atom is -0.541 e. The van der Waals surface area contributed by atoms with Crippen molar-refractivity contribution in [3.8, 4) is 17.2 Å². The number of nitrogens with zero attached hydrogens (tertiary/aromatic N) is 2. The van der Waals surface area contributed by atoms with Gasteiger partial charge in [-0.05, 0) is 111 Å². The average molecular weight is 774 g/mol. The molecule has 7 nitrogen and oxygen atoms in total. The summed E-state index contributed by atoms with van der Waals surface area (Å²) in [4.78, 5) is 17.5. The molecule has 1 saturated heterocycles. The molecule has 0 radical (unpaired) electrons. The zero-order valence-electron chi connectivity index (χ0n) is 32.3. The maximum atomic E-state index is 14.7. The van der Waals surface area contributed by atoms with Crippen molar-refractivity contribution >= 4 is 45.7 Å². The number of hydroxylamine groups is 2. The molecule has 11 heteroatoms. The fourth-order valence-electron chi connectivity index (χ4n) is 8.84. The molecule has 280 valence electrons. The summed E-state index contributed by atoms with van der Waals surface area (Å²) in [6.07, 6.45) is 5.90. The summed E-state index contributed by atoms with van der Waals surface area (Å²) in [5.41, 5.74) is 2.59. The third-order valence-corrected chi connectivity index (χ3v) is 23.2. The standard InChI is InChI=1S/C40H58Cl2N2O5Si2/c1-38(2,3)50(7,8)48-33-22-32(45)26-21-31-27-14-16-30(37-40(27,35(26)36(33)47-37)17-18-43(31)23-24-11-12-24)44(49-51(9,10)39(4,5)6)34(46)20-25-13-15-28(41)29(42)19-25/h13,15,19,22,24,27,30-31,37,45H,11-12,14,16-18,20-21,23H2,1-10H3/t27-,30+,31+,37-,40-/m0/s1. The minimum absolute atomic E-state index is 0.0377. The Morgan fingerprint density at radius 3 is 2.31 bits per heavy atom. The van der Waals surface area contributed by atoms with E-state index in [4.69, 9.17) is 36.9 Å². The number of likely N-dealkylation sites (tertiary alicyclic amines) is 1. The zero-order chi connectivity index (χ0) is 37.1. The number of carbonyl (C=O) groups is 1. The van der Waals surface area contributed by atoms with Crippen LogP contribution in [-0.4, -0.2) is 68.9 Å². The second-order valence-corrected chi connectivity index (χ2v) is 29.5. The van der Waals surface area contributed by atoms with Gasteiger partial charge in [0, 0.05) is 35.2 Å². The second-order valence-electron chi connectivity index (χ2n) is 19.2. The lowest BCUT2D eigenvalue weighted by Crippen LogP contribution is -2.70. The van der Waals surface area contributed by atoms with Gasteiger partial charge >= 0.3 is 0 Å². The van der Waals surface area contributed by atoms with Gasteiger partial charge in [-0.2, -0.15) is 0 Å². The summed E-state index contributed by atoms with van der Waals surface area (Å²) in [6.45, 7) is 24.3. The Bertz CT molecular complexity index is 1720. The first-order valence-corrected chi connectivity index (χ1v) is 25.7. The van der Waals surface area contributed by atoms with Crippen LogP contribution < -0.4 is 9.16 Å². The maximum Gasteiger partial charge on any atom is 0.250 e. The SMILES string of the molecule is CC(C)(C)[Si](C)(C)Oc1cc(O)c2c3c1O[C@H]1[C@H](N(O[Si](C)(C)C(C)(C)C)C(=O)Cc4ccc(Cl)c(Cl)c4)CC[C@H]4[C@@H](C2)N(CC2CC2)CC[C@@]341. The van der Waals surface area contributed by atoms with Gasteiger partial charge in [0.15, 0.2) is 11.5 Å². The molecule has 51 heavy (non-hydrogen) atoms. The van der Waals surface area contributed by atoms with Gasteiger partial charge in [0.1, 0.15) is 11.9 Å². The van der Waals surface area contributed by atoms with Crippen molar-refractivity contribution in [1.29, 1.82) is 0 Å². The van der Waals surface area contributed by atoms with Crippen LogP contribution in [0.1, 0.15) is 90.3 Å². The molecule has 0 aromatic heterocycles. The molecule has 2 aromatic carbocycles. The number of aromatic hydroxyl groups is 1. The molecule has 7 rings (SSSR count). The molecule has 2 aromatic rings. The lowest BCUT2D eigenvalue weighted by atomic mass is 9.51. The van der Waals surface area contributed by atoms with Gasteiger partial charge in [0.25, 0.3) is 8.32 Å². The van der Waals surface area contributed by atoms with E-state index in [-0.39, 0.29) is 40.0 Å². The third kappa shape index (κ3) is 6.37. The second kappa shape index (κ2) is 12.7. The Morgan fingerprint density at radius 1 is 1.00 bits per heavy atom. The Labute approximate surface area is 317 Å². The molecule has 3 fully saturated rings. The van der Waals surface area contributed by atoms with E-state index in [9.17, 15) is 9.90 Å². The van der Waals surface area contributed by atoms with Gasteiger partial charge in [-0.1, -0.05) is 70.8 Å². The first kappa shape index (κ1) is 37.6. The van der Waals surface area contributed by atoms with Gasteiger partial charge in [-0.3, -0.25) is 9.69 Å². The molecule has 2 bridgehead atoms. The molecule has 5 atom stereocenters. The van der Waals surface area contributed by atoms with Crippen LogP contribution in [0.15, 0.2) is 24.3 Å². The first-order chi connectivity index (χ1) is 23.6. The van der Waals surface area contributed by atoms with Gasteiger partial charge in [-0.15, -0.1) is 0 Å². The van der Waals surface area contributed by atoms with Crippen molar-refractivity contribution in [1.82, 2.24) is 9.96 Å². The Hall–Kier alpha value is -1.76. The molecule has 1 spiro atoms. The smallest absolute Gasteiger partial charge is 0.250 e. The summed E-state index contributed by atoms with van der Waals surface area (Å²) in [5, 5.41) is 14.3. The summed E-state index contributed by atoms with van der Waals surface area (Å²) in [7, 11) is -4.78. The van der Waals surface area contributed by atoms with Crippen LogP contribution in [0.5, 0.6) is 17.2 Å². The van der Waals surface area contributed by atoms with Crippen molar-refractivity contribution in [2.45, 2.75) is 146 Å². The highest BCUT2D eigenvalue weighted by Gasteiger charge is 2.68. The van der Waals surface area contributed by atoms with Crippen molar-refractivity contribution in [2.24, 2.45) is 11.8 Å². The fourth-order valence-corrected chi connectivity index (χ4v) is 11.2. The molecule has 2 aliphatic heterocycles. The van der Waals surface area contributed by atoms with E-state index >= 15 is 0 Å². The Kier molecular flexibility index (Phi) is 9.32. The summed E-state index contributed by atoms with van der Waals surface area (Å²) >= 11 is 12.7. The molecule has 5 aliphatic rings. The highest BCUT2D eigenvalue weighted by Crippen LogP contribution is 2.66. The highest BCUT2D eigenvalue weighted by atomic mass is 35.5. The number of phenolic OH excluding ortho intramolecular Hbond substituents is 1. The van der Waals surface area contributed by atoms with E-state index < -0.39 is 16.6 Å². The number of piperidine rings is 1. The molecule has 1 N–H and O–H groups in total. The van der Waals surface area contributed by atoms with E-state index in [1.54, 1.807) is 17.2 Å². The van der Waals surface area contributed by atoms with Gasteiger partial charge < -0.3 is 18.8 Å². The van der Waals surface area contributed by atoms with Gasteiger partial charge in [-0.25, -0.2) is 5.06 Å². The van der Waals surface area contributed by atoms with E-state index in [1.807, 2.05) is 12.1 Å².